The topological polar surface area (TPSA) is 29.1 Å². The Hall–Kier alpha value is -0.160. The summed E-state index contributed by atoms with van der Waals surface area (Å²) < 4.78 is 11.5. The van der Waals surface area contributed by atoms with Crippen LogP contribution in [0.25, 0.3) is 0 Å². The smallest absolute Gasteiger partial charge is 0.209 e. The molecule has 0 amide bonds. The van der Waals surface area contributed by atoms with Crippen LogP contribution in [0.5, 0.6) is 0 Å². The van der Waals surface area contributed by atoms with E-state index in [9.17, 15) is 4.57 Å². The molecule has 1 heterocycles. The summed E-state index contributed by atoms with van der Waals surface area (Å²) in [5.41, 5.74) is 0. The highest BCUT2D eigenvalue weighted by Crippen LogP contribution is 2.61. The van der Waals surface area contributed by atoms with Gasteiger partial charge in [-0.25, -0.2) is 0 Å². The molecule has 0 aliphatic carbocycles. The highest BCUT2D eigenvalue weighted by Gasteiger charge is 2.26. The average molecular weight is 173 g/mol. The van der Waals surface area contributed by atoms with Gasteiger partial charge in [0.05, 0.1) is 4.91 Å². The van der Waals surface area contributed by atoms with Crippen LogP contribution in [0.2, 0.25) is 0 Å². The lowest BCUT2D eigenvalue weighted by molar-refractivity contribution is 0.582. The first-order valence-electron chi connectivity index (χ1n) is 2.84. The van der Waals surface area contributed by atoms with E-state index in [0.717, 1.165) is 4.91 Å². The van der Waals surface area contributed by atoms with Gasteiger partial charge in [0.15, 0.2) is 0 Å². The summed E-state index contributed by atoms with van der Waals surface area (Å²) in [5.74, 6) is 2.47. The first kappa shape index (κ1) is 7.94. The van der Waals surface area contributed by atoms with Gasteiger partial charge in [0.1, 0.15) is 0 Å². The van der Waals surface area contributed by atoms with Gasteiger partial charge in [-0.05, 0) is 18.4 Å². The fraction of sp³-hybridized carbons (Fsp3) is 0.333. The Balaban J connectivity index is 2.70. The fourth-order valence-electron chi connectivity index (χ4n) is 0.659. The first-order chi connectivity index (χ1) is 4.70. The summed E-state index contributed by atoms with van der Waals surface area (Å²) in [6.45, 7) is -2.19. The Labute approximate surface area is 64.6 Å². The van der Waals surface area contributed by atoms with Crippen LogP contribution in [0.15, 0.2) is 11.0 Å². The summed E-state index contributed by atoms with van der Waals surface area (Å²) in [6.07, 6.45) is 7.53. The molecular weight excluding hydrogens is 165 g/mol. The second-order valence-electron chi connectivity index (χ2n) is 1.88. The minimum absolute atomic E-state index is 0.577. The van der Waals surface area contributed by atoms with Crippen LogP contribution >= 0.6 is 17.9 Å². The molecule has 0 saturated carbocycles. The van der Waals surface area contributed by atoms with Crippen LogP contribution in [0.3, 0.4) is 0 Å². The predicted octanol–water partition coefficient (Wildman–Crippen LogP) is 1.66. The number of allylic oxidation sites excluding steroid dienone is 2. The number of terminal acetylenes is 1. The molecule has 0 fully saturated rings. The van der Waals surface area contributed by atoms with E-state index in [2.05, 4.69) is 11.0 Å². The molecule has 0 saturated heterocycles. The molecule has 1 atom stereocenters. The van der Waals surface area contributed by atoms with Crippen molar-refractivity contribution in [1.29, 1.82) is 0 Å². The van der Waals surface area contributed by atoms with Gasteiger partial charge in [-0.15, -0.1) is 6.42 Å². The quantitative estimate of drug-likeness (QED) is 0.483. The fourth-order valence-corrected chi connectivity index (χ4v) is 4.14. The van der Waals surface area contributed by atoms with Gasteiger partial charge < -0.3 is 0 Å². The third-order valence-corrected chi connectivity index (χ3v) is 5.84. The van der Waals surface area contributed by atoms with E-state index in [1.165, 1.54) is 11.4 Å². The van der Waals surface area contributed by atoms with Gasteiger partial charge in [-0.1, -0.05) is 12.0 Å². The van der Waals surface area contributed by atoms with Gasteiger partial charge in [-0.2, -0.15) is 0 Å². The zero-order valence-corrected chi connectivity index (χ0v) is 7.34. The molecule has 1 unspecified atom stereocenters. The van der Waals surface area contributed by atoms with Crippen LogP contribution in [0, 0.1) is 12.3 Å². The SMILES string of the molecule is C#CC1=CCP(=O)(NC)S1. The molecule has 0 bridgehead atoms. The second-order valence-corrected chi connectivity index (χ2v) is 6.98. The van der Waals surface area contributed by atoms with E-state index in [4.69, 9.17) is 6.42 Å². The molecule has 1 aliphatic rings. The van der Waals surface area contributed by atoms with Crippen molar-refractivity contribution < 1.29 is 4.57 Å². The lowest BCUT2D eigenvalue weighted by Crippen LogP contribution is -1.98. The molecule has 10 heavy (non-hydrogen) atoms. The monoisotopic (exact) mass is 173 g/mol. The molecule has 0 aromatic heterocycles. The minimum Gasteiger partial charge on any atom is -0.294 e. The molecule has 1 aliphatic heterocycles. The highest BCUT2D eigenvalue weighted by molar-refractivity contribution is 8.60. The Kier molecular flexibility index (Phi) is 2.25. The third kappa shape index (κ3) is 1.46. The summed E-state index contributed by atoms with van der Waals surface area (Å²) in [7, 11) is 1.70. The van der Waals surface area contributed by atoms with E-state index >= 15 is 0 Å². The molecule has 1 rings (SSSR count). The van der Waals surface area contributed by atoms with Gasteiger partial charge in [0.2, 0.25) is 6.49 Å². The number of hydrogen-bond donors (Lipinski definition) is 1. The van der Waals surface area contributed by atoms with Crippen LogP contribution in [-0.4, -0.2) is 13.2 Å². The zero-order valence-electron chi connectivity index (χ0n) is 5.63. The lowest BCUT2D eigenvalue weighted by atomic mass is 10.5. The standard InChI is InChI=1S/C6H8NOPS/c1-3-6-4-5-9(8,7-2)10-6/h1,4H,5H2,2H3,(H,7,8). The summed E-state index contributed by atoms with van der Waals surface area (Å²) in [6, 6.07) is 0. The van der Waals surface area contributed by atoms with E-state index in [1.807, 2.05) is 6.08 Å². The maximum Gasteiger partial charge on any atom is 0.209 e. The third-order valence-electron chi connectivity index (χ3n) is 1.25. The molecule has 0 radical (unpaired) electrons. The molecule has 0 aromatic rings. The van der Waals surface area contributed by atoms with E-state index in [0.29, 0.717) is 6.16 Å². The maximum atomic E-state index is 11.5. The number of rotatable bonds is 1. The Bertz CT molecular complexity index is 253. The summed E-state index contributed by atoms with van der Waals surface area (Å²) >= 11 is 1.28. The zero-order chi connectivity index (χ0) is 7.61. The molecular formula is C6H8NOPS. The molecule has 2 nitrogen and oxygen atoms in total. The molecule has 54 valence electrons. The van der Waals surface area contributed by atoms with Crippen molar-refractivity contribution >= 4 is 17.9 Å². The largest absolute Gasteiger partial charge is 0.294 e. The Morgan fingerprint density at radius 1 is 2.00 bits per heavy atom. The Morgan fingerprint density at radius 2 is 2.70 bits per heavy atom. The minimum atomic E-state index is -2.19. The first-order valence-corrected chi connectivity index (χ1v) is 6.16. The molecule has 0 spiro atoms. The van der Waals surface area contributed by atoms with Crippen molar-refractivity contribution in [2.75, 3.05) is 13.2 Å². The Morgan fingerprint density at radius 3 is 3.00 bits per heavy atom. The highest BCUT2D eigenvalue weighted by atomic mass is 32.7. The number of nitrogens with one attached hydrogen (secondary N) is 1. The van der Waals surface area contributed by atoms with E-state index in [1.54, 1.807) is 7.05 Å². The summed E-state index contributed by atoms with van der Waals surface area (Å²) in [5, 5.41) is 2.78. The van der Waals surface area contributed by atoms with Crippen molar-refractivity contribution in [3.8, 4) is 12.3 Å². The maximum absolute atomic E-state index is 11.5. The van der Waals surface area contributed by atoms with Crippen molar-refractivity contribution in [2.24, 2.45) is 0 Å². The normalized spacial score (nSPS) is 31.4. The van der Waals surface area contributed by atoms with Crippen molar-refractivity contribution in [1.82, 2.24) is 5.09 Å². The molecule has 1 N–H and O–H groups in total. The van der Waals surface area contributed by atoms with Gasteiger partial charge in [0, 0.05) is 6.16 Å². The van der Waals surface area contributed by atoms with Gasteiger partial charge in [0.25, 0.3) is 0 Å². The number of hydrogen-bond acceptors (Lipinski definition) is 2. The predicted molar refractivity (Wildman–Crippen MR) is 46.0 cm³/mol. The second kappa shape index (κ2) is 2.84. The average Bonchev–Trinajstić information content (AvgIpc) is 2.33. The van der Waals surface area contributed by atoms with E-state index in [-0.39, 0.29) is 0 Å². The molecule has 0 aromatic carbocycles. The van der Waals surface area contributed by atoms with Crippen LogP contribution in [0.1, 0.15) is 0 Å². The molecule has 4 heteroatoms. The van der Waals surface area contributed by atoms with Crippen molar-refractivity contribution in [2.45, 2.75) is 0 Å². The van der Waals surface area contributed by atoms with Gasteiger partial charge in [-0.3, -0.25) is 9.65 Å². The van der Waals surface area contributed by atoms with Crippen LogP contribution in [-0.2, 0) is 4.57 Å². The lowest BCUT2D eigenvalue weighted by Gasteiger charge is -2.06. The van der Waals surface area contributed by atoms with Crippen LogP contribution in [0.4, 0.5) is 0 Å². The summed E-state index contributed by atoms with van der Waals surface area (Å²) in [4.78, 5) is 0.790. The van der Waals surface area contributed by atoms with Crippen molar-refractivity contribution in [3.63, 3.8) is 0 Å². The van der Waals surface area contributed by atoms with Crippen LogP contribution < -0.4 is 5.09 Å². The van der Waals surface area contributed by atoms with Gasteiger partial charge >= 0.3 is 0 Å². The van der Waals surface area contributed by atoms with E-state index < -0.39 is 6.49 Å². The van der Waals surface area contributed by atoms with Crippen molar-refractivity contribution in [3.05, 3.63) is 11.0 Å².